The molecule has 96 valence electrons. The van der Waals surface area contributed by atoms with Crippen molar-refractivity contribution in [3.8, 4) is 0 Å². The van der Waals surface area contributed by atoms with E-state index in [0.717, 1.165) is 6.07 Å². The molecule has 6 heteroatoms. The number of rotatable bonds is 6. The summed E-state index contributed by atoms with van der Waals surface area (Å²) in [5, 5.41) is 2.20. The fourth-order valence-corrected chi connectivity index (χ4v) is 1.66. The Bertz CT molecular complexity index is 353. The number of alkyl halides is 2. The van der Waals surface area contributed by atoms with Crippen LogP contribution in [0, 0.1) is 5.82 Å². The minimum Gasteiger partial charge on any atom is -0.383 e. The van der Waals surface area contributed by atoms with E-state index >= 15 is 0 Å². The van der Waals surface area contributed by atoms with Gasteiger partial charge in [-0.15, -0.1) is 0 Å². The quantitative estimate of drug-likeness (QED) is 0.801. The second-order valence-corrected chi connectivity index (χ2v) is 3.88. The van der Waals surface area contributed by atoms with Gasteiger partial charge in [0.25, 0.3) is 5.92 Å². The Morgan fingerprint density at radius 3 is 2.71 bits per heavy atom. The van der Waals surface area contributed by atoms with Gasteiger partial charge in [-0.3, -0.25) is 0 Å². The molecule has 0 amide bonds. The summed E-state index contributed by atoms with van der Waals surface area (Å²) in [7, 11) is 1.47. The van der Waals surface area contributed by atoms with Crippen molar-refractivity contribution in [2.45, 2.75) is 5.92 Å². The minimum atomic E-state index is -3.35. The molecule has 0 radical (unpaired) electrons. The third-order valence-corrected chi connectivity index (χ3v) is 2.47. The van der Waals surface area contributed by atoms with E-state index in [-0.39, 0.29) is 11.6 Å². The van der Waals surface area contributed by atoms with E-state index in [1.807, 2.05) is 0 Å². The summed E-state index contributed by atoms with van der Waals surface area (Å²) in [6.45, 7) is -0.115. The molecule has 0 fully saturated rings. The van der Waals surface area contributed by atoms with Crippen LogP contribution in [0.5, 0.6) is 0 Å². The third-order valence-electron chi connectivity index (χ3n) is 2.16. The van der Waals surface area contributed by atoms with Crippen molar-refractivity contribution in [3.63, 3.8) is 0 Å². The molecule has 0 aliphatic rings. The lowest BCUT2D eigenvalue weighted by Gasteiger charge is -2.19. The largest absolute Gasteiger partial charge is 0.383 e. The molecule has 0 atom stereocenters. The van der Waals surface area contributed by atoms with Crippen molar-refractivity contribution >= 4 is 11.6 Å². The van der Waals surface area contributed by atoms with Crippen molar-refractivity contribution in [3.05, 3.63) is 34.6 Å². The van der Waals surface area contributed by atoms with Crippen LogP contribution in [0.3, 0.4) is 0 Å². The Morgan fingerprint density at radius 2 is 2.12 bits per heavy atom. The zero-order valence-electron chi connectivity index (χ0n) is 9.27. The standard InChI is InChI=1S/C11H13ClF3NO/c1-17-6-5-16-7-11(14,15)10-8(12)3-2-4-9(10)13/h2-4,16H,5-7H2,1H3. The summed E-state index contributed by atoms with van der Waals surface area (Å²) in [4.78, 5) is 0. The van der Waals surface area contributed by atoms with Crippen LogP contribution in [0.25, 0.3) is 0 Å². The van der Waals surface area contributed by atoms with E-state index in [0.29, 0.717) is 6.61 Å². The highest BCUT2D eigenvalue weighted by atomic mass is 35.5. The highest BCUT2D eigenvalue weighted by Gasteiger charge is 2.36. The Morgan fingerprint density at radius 1 is 1.41 bits per heavy atom. The van der Waals surface area contributed by atoms with Gasteiger partial charge in [-0.1, -0.05) is 17.7 Å². The van der Waals surface area contributed by atoms with Crippen LogP contribution in [-0.2, 0) is 10.7 Å². The van der Waals surface area contributed by atoms with Crippen LogP contribution in [0.2, 0.25) is 5.02 Å². The molecule has 17 heavy (non-hydrogen) atoms. The molecule has 1 aromatic rings. The molecule has 0 aromatic heterocycles. The minimum absolute atomic E-state index is 0.262. The van der Waals surface area contributed by atoms with Gasteiger partial charge in [-0.2, -0.15) is 8.78 Å². The van der Waals surface area contributed by atoms with Crippen LogP contribution < -0.4 is 5.32 Å². The lowest BCUT2D eigenvalue weighted by molar-refractivity contribution is -0.00739. The Labute approximate surface area is 103 Å². The smallest absolute Gasteiger partial charge is 0.289 e. The summed E-state index contributed by atoms with van der Waals surface area (Å²) in [5.74, 6) is -4.35. The Hall–Kier alpha value is -0.780. The highest BCUT2D eigenvalue weighted by molar-refractivity contribution is 6.31. The van der Waals surface area contributed by atoms with E-state index in [1.54, 1.807) is 0 Å². The van der Waals surface area contributed by atoms with Gasteiger partial charge in [0.1, 0.15) is 5.82 Å². The SMILES string of the molecule is COCCNCC(F)(F)c1c(F)cccc1Cl. The van der Waals surface area contributed by atoms with Gasteiger partial charge in [0.15, 0.2) is 0 Å². The lowest BCUT2D eigenvalue weighted by Crippen LogP contribution is -2.33. The van der Waals surface area contributed by atoms with Crippen molar-refractivity contribution in [1.82, 2.24) is 5.32 Å². The fraction of sp³-hybridized carbons (Fsp3) is 0.455. The number of methoxy groups -OCH3 is 1. The molecule has 0 unspecified atom stereocenters. The van der Waals surface area contributed by atoms with Crippen LogP contribution >= 0.6 is 11.6 Å². The topological polar surface area (TPSA) is 21.3 Å². The van der Waals surface area contributed by atoms with Crippen LogP contribution in [0.4, 0.5) is 13.2 Å². The first-order valence-electron chi connectivity index (χ1n) is 5.01. The number of benzene rings is 1. The van der Waals surface area contributed by atoms with Gasteiger partial charge >= 0.3 is 0 Å². The molecular weight excluding hydrogens is 255 g/mol. The molecule has 0 bridgehead atoms. The van der Waals surface area contributed by atoms with Crippen molar-refractivity contribution < 1.29 is 17.9 Å². The van der Waals surface area contributed by atoms with E-state index < -0.39 is 23.8 Å². The molecule has 1 rings (SSSR count). The maximum atomic E-state index is 13.7. The fourth-order valence-electron chi connectivity index (χ4n) is 1.36. The van der Waals surface area contributed by atoms with Gasteiger partial charge in [0, 0.05) is 13.7 Å². The number of ether oxygens (including phenoxy) is 1. The average Bonchev–Trinajstić information content (AvgIpc) is 2.24. The van der Waals surface area contributed by atoms with Gasteiger partial charge in [0.2, 0.25) is 0 Å². The third kappa shape index (κ3) is 3.87. The molecule has 0 saturated heterocycles. The maximum absolute atomic E-state index is 13.7. The molecule has 2 nitrogen and oxygen atoms in total. The Balaban J connectivity index is 2.75. The monoisotopic (exact) mass is 267 g/mol. The molecule has 0 saturated carbocycles. The van der Waals surface area contributed by atoms with E-state index in [2.05, 4.69) is 5.32 Å². The van der Waals surface area contributed by atoms with Crippen molar-refractivity contribution in [2.75, 3.05) is 26.8 Å². The zero-order valence-corrected chi connectivity index (χ0v) is 10.0. The lowest BCUT2D eigenvalue weighted by atomic mass is 10.1. The van der Waals surface area contributed by atoms with Crippen LogP contribution in [-0.4, -0.2) is 26.8 Å². The second-order valence-electron chi connectivity index (χ2n) is 3.47. The first kappa shape index (κ1) is 14.3. The first-order chi connectivity index (χ1) is 7.99. The molecule has 0 heterocycles. The van der Waals surface area contributed by atoms with Crippen molar-refractivity contribution in [1.29, 1.82) is 0 Å². The van der Waals surface area contributed by atoms with Gasteiger partial charge < -0.3 is 10.1 Å². The summed E-state index contributed by atoms with van der Waals surface area (Å²) >= 11 is 5.58. The molecule has 0 aliphatic heterocycles. The number of hydrogen-bond donors (Lipinski definition) is 1. The molecule has 1 aromatic carbocycles. The number of nitrogens with one attached hydrogen (secondary N) is 1. The maximum Gasteiger partial charge on any atom is 0.289 e. The predicted octanol–water partition coefficient (Wildman–Crippen LogP) is 2.81. The molecule has 1 N–H and O–H groups in total. The summed E-state index contributed by atoms with van der Waals surface area (Å²) in [5.41, 5.74) is -0.772. The summed E-state index contributed by atoms with van der Waals surface area (Å²) in [6.07, 6.45) is 0. The number of hydrogen-bond acceptors (Lipinski definition) is 2. The van der Waals surface area contributed by atoms with Gasteiger partial charge in [0.05, 0.1) is 23.7 Å². The van der Waals surface area contributed by atoms with Crippen LogP contribution in [0.15, 0.2) is 18.2 Å². The molecule has 0 spiro atoms. The summed E-state index contributed by atoms with van der Waals surface area (Å²) in [6, 6.07) is 3.49. The average molecular weight is 268 g/mol. The van der Waals surface area contributed by atoms with Crippen molar-refractivity contribution in [2.24, 2.45) is 0 Å². The summed E-state index contributed by atoms with van der Waals surface area (Å²) < 4.78 is 45.4. The van der Waals surface area contributed by atoms with Gasteiger partial charge in [-0.05, 0) is 12.1 Å². The first-order valence-corrected chi connectivity index (χ1v) is 5.39. The Kier molecular flexibility index (Phi) is 5.24. The zero-order chi connectivity index (χ0) is 12.9. The van der Waals surface area contributed by atoms with Gasteiger partial charge in [-0.25, -0.2) is 4.39 Å². The molecular formula is C11H13ClF3NO. The normalized spacial score (nSPS) is 11.8. The van der Waals surface area contributed by atoms with E-state index in [1.165, 1.54) is 19.2 Å². The predicted molar refractivity (Wildman–Crippen MR) is 60.0 cm³/mol. The second kappa shape index (κ2) is 6.23. The number of halogens is 4. The van der Waals surface area contributed by atoms with E-state index in [9.17, 15) is 13.2 Å². The van der Waals surface area contributed by atoms with Crippen LogP contribution in [0.1, 0.15) is 5.56 Å². The van der Waals surface area contributed by atoms with E-state index in [4.69, 9.17) is 16.3 Å². The highest BCUT2D eigenvalue weighted by Crippen LogP contribution is 2.34. The molecule has 0 aliphatic carbocycles.